The molecule has 5 heteroatoms. The van der Waals surface area contributed by atoms with E-state index in [-0.39, 0.29) is 30.4 Å². The van der Waals surface area contributed by atoms with E-state index < -0.39 is 0 Å². The first-order valence-electron chi connectivity index (χ1n) is 4.91. The van der Waals surface area contributed by atoms with Crippen LogP contribution in [0.5, 0.6) is 0 Å². The normalized spacial score (nSPS) is 36.4. The Labute approximate surface area is 82.7 Å². The summed E-state index contributed by atoms with van der Waals surface area (Å²) < 4.78 is 15.7. The van der Waals surface area contributed by atoms with Crippen LogP contribution in [-0.4, -0.2) is 43.7 Å². The van der Waals surface area contributed by atoms with Gasteiger partial charge in [-0.3, -0.25) is 4.79 Å². The van der Waals surface area contributed by atoms with Crippen molar-refractivity contribution in [3.8, 4) is 0 Å². The van der Waals surface area contributed by atoms with Gasteiger partial charge in [-0.1, -0.05) is 0 Å². The maximum Gasteiger partial charge on any atom is 0.252 e. The van der Waals surface area contributed by atoms with Crippen molar-refractivity contribution in [1.29, 1.82) is 0 Å². The molecule has 0 radical (unpaired) electrons. The summed E-state index contributed by atoms with van der Waals surface area (Å²) in [4.78, 5) is 11.1. The van der Waals surface area contributed by atoms with Crippen LogP contribution in [0.4, 0.5) is 0 Å². The van der Waals surface area contributed by atoms with Gasteiger partial charge in [0.2, 0.25) is 0 Å². The lowest BCUT2D eigenvalue weighted by Crippen LogP contribution is -2.37. The van der Waals surface area contributed by atoms with E-state index in [2.05, 4.69) is 5.32 Å². The van der Waals surface area contributed by atoms with Gasteiger partial charge in [-0.05, 0) is 13.8 Å². The van der Waals surface area contributed by atoms with Crippen molar-refractivity contribution in [3.63, 3.8) is 0 Å². The molecule has 0 aromatic rings. The van der Waals surface area contributed by atoms with E-state index in [9.17, 15) is 4.79 Å². The molecule has 2 heterocycles. The molecular weight excluding hydrogens is 186 g/mol. The van der Waals surface area contributed by atoms with Crippen LogP contribution in [-0.2, 0) is 19.0 Å². The molecule has 0 aromatic heterocycles. The zero-order chi connectivity index (χ0) is 10.1. The van der Waals surface area contributed by atoms with Crippen LogP contribution in [0.3, 0.4) is 0 Å². The Morgan fingerprint density at radius 2 is 2.36 bits per heavy atom. The number of amides is 1. The lowest BCUT2D eigenvalue weighted by atomic mass is 10.2. The van der Waals surface area contributed by atoms with Crippen LogP contribution < -0.4 is 5.32 Å². The molecule has 2 rings (SSSR count). The number of fused-ring (bicyclic) bond motifs is 1. The van der Waals surface area contributed by atoms with E-state index >= 15 is 0 Å². The van der Waals surface area contributed by atoms with E-state index in [4.69, 9.17) is 14.2 Å². The minimum absolute atomic E-state index is 0.00425. The highest BCUT2D eigenvalue weighted by Gasteiger charge is 2.56. The van der Waals surface area contributed by atoms with E-state index in [0.717, 1.165) is 0 Å². The molecular formula is C9H15NO4. The van der Waals surface area contributed by atoms with E-state index in [1.807, 2.05) is 13.8 Å². The molecule has 1 N–H and O–H groups in total. The van der Waals surface area contributed by atoms with E-state index in [1.165, 1.54) is 0 Å². The largest absolute Gasteiger partial charge is 0.357 e. The molecule has 2 saturated heterocycles. The maximum atomic E-state index is 11.1. The van der Waals surface area contributed by atoms with Gasteiger partial charge in [0.1, 0.15) is 6.10 Å². The number of hydrogen-bond donors (Lipinski definition) is 1. The highest BCUT2D eigenvalue weighted by atomic mass is 16.7. The second-order valence-electron chi connectivity index (χ2n) is 3.49. The van der Waals surface area contributed by atoms with Gasteiger partial charge in [0.05, 0.1) is 12.6 Å². The maximum absolute atomic E-state index is 11.1. The topological polar surface area (TPSA) is 60.1 Å². The zero-order valence-electron chi connectivity index (χ0n) is 8.36. The van der Waals surface area contributed by atoms with Gasteiger partial charge in [0.25, 0.3) is 5.91 Å². The predicted octanol–water partition coefficient (Wildman–Crippen LogP) is -0.349. The van der Waals surface area contributed by atoms with Gasteiger partial charge in [0.15, 0.2) is 12.4 Å². The Morgan fingerprint density at radius 1 is 1.57 bits per heavy atom. The Balaban J connectivity index is 1.69. The Bertz CT molecular complexity index is 233. The third-order valence-electron chi connectivity index (χ3n) is 2.42. The smallest absolute Gasteiger partial charge is 0.252 e. The third-order valence-corrected chi connectivity index (χ3v) is 2.42. The molecule has 0 bridgehead atoms. The van der Waals surface area contributed by atoms with Crippen LogP contribution >= 0.6 is 0 Å². The first-order chi connectivity index (χ1) is 6.72. The first-order valence-corrected chi connectivity index (χ1v) is 4.91. The van der Waals surface area contributed by atoms with Crippen LogP contribution in [0.2, 0.25) is 0 Å². The number of ether oxygens (including phenoxy) is 3. The van der Waals surface area contributed by atoms with Gasteiger partial charge in [0, 0.05) is 6.61 Å². The molecule has 1 unspecified atom stereocenters. The number of epoxide rings is 1. The molecule has 5 nitrogen and oxygen atoms in total. The highest BCUT2D eigenvalue weighted by molar-refractivity contribution is 5.87. The molecule has 80 valence electrons. The molecule has 14 heavy (non-hydrogen) atoms. The molecule has 2 aliphatic rings. The van der Waals surface area contributed by atoms with E-state index in [1.54, 1.807) is 0 Å². The van der Waals surface area contributed by atoms with Crippen LogP contribution in [0.15, 0.2) is 0 Å². The predicted molar refractivity (Wildman–Crippen MR) is 47.6 cm³/mol. The molecule has 1 amide bonds. The fourth-order valence-electron chi connectivity index (χ4n) is 1.65. The summed E-state index contributed by atoms with van der Waals surface area (Å²) >= 11 is 0. The van der Waals surface area contributed by atoms with Crippen molar-refractivity contribution >= 4 is 5.91 Å². The average Bonchev–Trinajstić information content (AvgIpc) is 2.87. The molecule has 4 atom stereocenters. The number of morpholine rings is 1. The Hall–Kier alpha value is -0.650. The summed E-state index contributed by atoms with van der Waals surface area (Å²) in [7, 11) is 0. The van der Waals surface area contributed by atoms with Crippen molar-refractivity contribution in [2.24, 2.45) is 0 Å². The fourth-order valence-corrected chi connectivity index (χ4v) is 1.65. The van der Waals surface area contributed by atoms with Crippen molar-refractivity contribution in [2.45, 2.75) is 38.4 Å². The monoisotopic (exact) mass is 201 g/mol. The van der Waals surface area contributed by atoms with Gasteiger partial charge < -0.3 is 19.5 Å². The van der Waals surface area contributed by atoms with Crippen LogP contribution in [0.1, 0.15) is 13.8 Å². The third kappa shape index (κ3) is 1.89. The minimum atomic E-state index is -0.227. The molecule has 0 aromatic carbocycles. The van der Waals surface area contributed by atoms with Crippen molar-refractivity contribution in [2.75, 3.05) is 13.2 Å². The van der Waals surface area contributed by atoms with Crippen LogP contribution in [0.25, 0.3) is 0 Å². The summed E-state index contributed by atoms with van der Waals surface area (Å²) in [6.07, 6.45) is -0.419. The van der Waals surface area contributed by atoms with Gasteiger partial charge >= 0.3 is 0 Å². The van der Waals surface area contributed by atoms with E-state index in [0.29, 0.717) is 13.2 Å². The molecule has 0 spiro atoms. The summed E-state index contributed by atoms with van der Waals surface area (Å²) in [5.41, 5.74) is 0. The SMILES string of the molecule is CCOC(C)OC[C@H]1NC(=O)[C@@H]2O[C@H]12. The Kier molecular flexibility index (Phi) is 2.71. The van der Waals surface area contributed by atoms with Gasteiger partial charge in [-0.2, -0.15) is 0 Å². The fraction of sp³-hybridized carbons (Fsp3) is 0.889. The first kappa shape index (κ1) is 9.89. The van der Waals surface area contributed by atoms with Crippen molar-refractivity contribution < 1.29 is 19.0 Å². The number of carbonyl (C=O) groups is 1. The molecule has 0 saturated carbocycles. The minimum Gasteiger partial charge on any atom is -0.357 e. The second-order valence-corrected chi connectivity index (χ2v) is 3.49. The standard InChI is InChI=1S/C9H15NO4/c1-3-12-5(2)13-4-6-7-8(14-7)9(11)10-6/h5-8H,3-4H2,1-2H3,(H,10,11)/t5?,6-,7-,8-/m1/s1. The molecule has 2 aliphatic heterocycles. The lowest BCUT2D eigenvalue weighted by Gasteiger charge is -2.17. The van der Waals surface area contributed by atoms with Crippen LogP contribution in [0, 0.1) is 0 Å². The quantitative estimate of drug-likeness (QED) is 0.488. The number of hydrogen-bond acceptors (Lipinski definition) is 4. The highest BCUT2D eigenvalue weighted by Crippen LogP contribution is 2.31. The molecule has 2 fully saturated rings. The Morgan fingerprint density at radius 3 is 2.86 bits per heavy atom. The number of rotatable bonds is 5. The van der Waals surface area contributed by atoms with Gasteiger partial charge in [-0.25, -0.2) is 0 Å². The molecule has 0 aliphatic carbocycles. The van der Waals surface area contributed by atoms with Crippen molar-refractivity contribution in [3.05, 3.63) is 0 Å². The number of carbonyl (C=O) groups excluding carboxylic acids is 1. The average molecular weight is 201 g/mol. The summed E-state index contributed by atoms with van der Waals surface area (Å²) in [6, 6.07) is -0.00425. The van der Waals surface area contributed by atoms with Gasteiger partial charge in [-0.15, -0.1) is 0 Å². The lowest BCUT2D eigenvalue weighted by molar-refractivity contribution is -0.136. The summed E-state index contributed by atoms with van der Waals surface area (Å²) in [5.74, 6) is -0.0207. The number of nitrogens with one attached hydrogen (secondary N) is 1. The second kappa shape index (κ2) is 3.84. The zero-order valence-corrected chi connectivity index (χ0v) is 8.36. The van der Waals surface area contributed by atoms with Crippen molar-refractivity contribution in [1.82, 2.24) is 5.32 Å². The summed E-state index contributed by atoms with van der Waals surface area (Å²) in [5, 5.41) is 2.81. The summed E-state index contributed by atoms with van der Waals surface area (Å²) in [6.45, 7) is 4.83.